The lowest BCUT2D eigenvalue weighted by molar-refractivity contribution is 0.715. The van der Waals surface area contributed by atoms with Gasteiger partial charge in [-0.1, -0.05) is 31.5 Å². The maximum Gasteiger partial charge on any atom is 0.232 e. The minimum atomic E-state index is 0.608. The maximum absolute atomic E-state index is 4.62. The predicted molar refractivity (Wildman–Crippen MR) is 96.6 cm³/mol. The van der Waals surface area contributed by atoms with Crippen LogP contribution in [0, 0.1) is 20.8 Å². The van der Waals surface area contributed by atoms with E-state index < -0.39 is 0 Å². The number of hydrogen-bond donors (Lipinski definition) is 1. The fraction of sp³-hybridized carbons (Fsp3) is 0.500. The first-order valence-corrected chi connectivity index (χ1v) is 8.35. The molecule has 1 heterocycles. The SMILES string of the molecule is CCCN(CCC)c1nc(C)nc(Nc2ccc(C)cc2C)n1. The zero-order chi connectivity index (χ0) is 16.8. The molecule has 0 aliphatic carbocycles. The van der Waals surface area contributed by atoms with Crippen LogP contribution in [0.2, 0.25) is 0 Å². The molecular weight excluding hydrogens is 286 g/mol. The van der Waals surface area contributed by atoms with Gasteiger partial charge in [-0.3, -0.25) is 0 Å². The highest BCUT2D eigenvalue weighted by Gasteiger charge is 2.11. The Bertz CT molecular complexity index is 648. The van der Waals surface area contributed by atoms with Gasteiger partial charge in [-0.05, 0) is 45.2 Å². The lowest BCUT2D eigenvalue weighted by atomic mass is 10.1. The Balaban J connectivity index is 2.28. The number of nitrogens with zero attached hydrogens (tertiary/aromatic N) is 4. The number of benzene rings is 1. The van der Waals surface area contributed by atoms with Crippen molar-refractivity contribution in [3.05, 3.63) is 35.2 Å². The molecule has 0 atom stereocenters. The van der Waals surface area contributed by atoms with E-state index in [4.69, 9.17) is 0 Å². The molecule has 5 heteroatoms. The van der Waals surface area contributed by atoms with Crippen LogP contribution in [0.4, 0.5) is 17.6 Å². The summed E-state index contributed by atoms with van der Waals surface area (Å²) in [6, 6.07) is 6.31. The molecule has 0 bridgehead atoms. The van der Waals surface area contributed by atoms with Gasteiger partial charge in [0.1, 0.15) is 5.82 Å². The third-order valence-corrected chi connectivity index (χ3v) is 3.63. The summed E-state index contributed by atoms with van der Waals surface area (Å²) in [4.78, 5) is 15.8. The standard InChI is InChI=1S/C18H27N5/c1-6-10-23(11-7-2)18-20-15(5)19-17(22-18)21-16-9-8-13(3)12-14(16)4/h8-9,12H,6-7,10-11H2,1-5H3,(H,19,20,21,22). The first kappa shape index (κ1) is 17.2. The van der Waals surface area contributed by atoms with Crippen molar-refractivity contribution < 1.29 is 0 Å². The van der Waals surface area contributed by atoms with Crippen molar-refractivity contribution in [3.8, 4) is 0 Å². The van der Waals surface area contributed by atoms with Crippen molar-refractivity contribution in [2.24, 2.45) is 0 Å². The van der Waals surface area contributed by atoms with Crippen LogP contribution in [0.3, 0.4) is 0 Å². The second kappa shape index (κ2) is 7.90. The van der Waals surface area contributed by atoms with Crippen molar-refractivity contribution in [2.75, 3.05) is 23.3 Å². The van der Waals surface area contributed by atoms with Gasteiger partial charge in [-0.15, -0.1) is 0 Å². The predicted octanol–water partition coefficient (Wildman–Crippen LogP) is 4.17. The third-order valence-electron chi connectivity index (χ3n) is 3.63. The average molecular weight is 313 g/mol. The van der Waals surface area contributed by atoms with E-state index in [9.17, 15) is 0 Å². The zero-order valence-corrected chi connectivity index (χ0v) is 14.8. The highest BCUT2D eigenvalue weighted by atomic mass is 15.3. The van der Waals surface area contributed by atoms with Crippen molar-refractivity contribution >= 4 is 17.6 Å². The molecule has 1 aromatic heterocycles. The van der Waals surface area contributed by atoms with Gasteiger partial charge < -0.3 is 10.2 Å². The summed E-state index contributed by atoms with van der Waals surface area (Å²) in [6.45, 7) is 12.4. The molecule has 0 aliphatic heterocycles. The van der Waals surface area contributed by atoms with Gasteiger partial charge >= 0.3 is 0 Å². The molecule has 1 N–H and O–H groups in total. The lowest BCUT2D eigenvalue weighted by Gasteiger charge is -2.22. The molecule has 1 aromatic carbocycles. The van der Waals surface area contributed by atoms with E-state index in [1.54, 1.807) is 0 Å². The van der Waals surface area contributed by atoms with Gasteiger partial charge in [-0.2, -0.15) is 15.0 Å². The molecule has 2 aromatic rings. The molecule has 2 rings (SSSR count). The van der Waals surface area contributed by atoms with Crippen LogP contribution in [0.15, 0.2) is 18.2 Å². The van der Waals surface area contributed by atoms with Gasteiger partial charge in [-0.25, -0.2) is 0 Å². The monoisotopic (exact) mass is 313 g/mol. The molecular formula is C18H27N5. The summed E-state index contributed by atoms with van der Waals surface area (Å²) in [6.07, 6.45) is 2.15. The molecule has 0 spiro atoms. The number of hydrogen-bond acceptors (Lipinski definition) is 5. The van der Waals surface area contributed by atoms with Crippen molar-refractivity contribution in [1.29, 1.82) is 0 Å². The first-order valence-electron chi connectivity index (χ1n) is 8.35. The van der Waals surface area contributed by atoms with E-state index in [-0.39, 0.29) is 0 Å². The smallest absolute Gasteiger partial charge is 0.232 e. The van der Waals surface area contributed by atoms with Gasteiger partial charge in [0.2, 0.25) is 11.9 Å². The summed E-state index contributed by atoms with van der Waals surface area (Å²) in [5, 5.41) is 3.33. The van der Waals surface area contributed by atoms with E-state index in [2.05, 4.69) is 71.1 Å². The quantitative estimate of drug-likeness (QED) is 0.831. The first-order chi connectivity index (χ1) is 11.0. The zero-order valence-electron chi connectivity index (χ0n) is 14.8. The van der Waals surface area contributed by atoms with Crippen LogP contribution < -0.4 is 10.2 Å². The second-order valence-electron chi connectivity index (χ2n) is 5.94. The average Bonchev–Trinajstić information content (AvgIpc) is 2.49. The maximum atomic E-state index is 4.62. The minimum Gasteiger partial charge on any atom is -0.341 e. The Morgan fingerprint density at radius 1 is 0.957 bits per heavy atom. The van der Waals surface area contributed by atoms with Crippen LogP contribution in [0.5, 0.6) is 0 Å². The second-order valence-corrected chi connectivity index (χ2v) is 5.94. The summed E-state index contributed by atoms with van der Waals surface area (Å²) >= 11 is 0. The Morgan fingerprint density at radius 2 is 1.65 bits per heavy atom. The van der Waals surface area contributed by atoms with Crippen molar-refractivity contribution in [2.45, 2.75) is 47.5 Å². The van der Waals surface area contributed by atoms with E-state index in [1.807, 2.05) is 6.92 Å². The number of aryl methyl sites for hydroxylation is 3. The van der Waals surface area contributed by atoms with Crippen LogP contribution in [0.25, 0.3) is 0 Å². The number of rotatable bonds is 7. The molecule has 0 unspecified atom stereocenters. The highest BCUT2D eigenvalue weighted by molar-refractivity contribution is 5.59. The Labute approximate surface area is 139 Å². The molecule has 0 saturated carbocycles. The van der Waals surface area contributed by atoms with Gasteiger partial charge in [0, 0.05) is 18.8 Å². The topological polar surface area (TPSA) is 53.9 Å². The van der Waals surface area contributed by atoms with E-state index >= 15 is 0 Å². The van der Waals surface area contributed by atoms with Crippen LogP contribution >= 0.6 is 0 Å². The minimum absolute atomic E-state index is 0.608. The number of nitrogens with one attached hydrogen (secondary N) is 1. The van der Waals surface area contributed by atoms with E-state index in [1.165, 1.54) is 11.1 Å². The summed E-state index contributed by atoms with van der Waals surface area (Å²) in [5.41, 5.74) is 3.46. The van der Waals surface area contributed by atoms with Gasteiger partial charge in [0.15, 0.2) is 0 Å². The summed E-state index contributed by atoms with van der Waals surface area (Å²) < 4.78 is 0. The van der Waals surface area contributed by atoms with Gasteiger partial charge in [0.25, 0.3) is 0 Å². The molecule has 0 aliphatic rings. The number of anilines is 3. The third kappa shape index (κ3) is 4.65. The van der Waals surface area contributed by atoms with Crippen molar-refractivity contribution in [3.63, 3.8) is 0 Å². The lowest BCUT2D eigenvalue weighted by Crippen LogP contribution is -2.27. The number of aromatic nitrogens is 3. The molecule has 0 fully saturated rings. The fourth-order valence-electron chi connectivity index (χ4n) is 2.59. The van der Waals surface area contributed by atoms with Crippen LogP contribution in [-0.4, -0.2) is 28.0 Å². The van der Waals surface area contributed by atoms with E-state index in [0.717, 1.165) is 43.4 Å². The van der Waals surface area contributed by atoms with Crippen LogP contribution in [0.1, 0.15) is 43.6 Å². The molecule has 0 radical (unpaired) electrons. The normalized spacial score (nSPS) is 10.7. The highest BCUT2D eigenvalue weighted by Crippen LogP contribution is 2.20. The summed E-state index contributed by atoms with van der Waals surface area (Å²) in [5.74, 6) is 2.10. The van der Waals surface area contributed by atoms with Crippen LogP contribution in [-0.2, 0) is 0 Å². The summed E-state index contributed by atoms with van der Waals surface area (Å²) in [7, 11) is 0. The molecule has 23 heavy (non-hydrogen) atoms. The van der Waals surface area contributed by atoms with E-state index in [0.29, 0.717) is 5.95 Å². The molecule has 0 amide bonds. The van der Waals surface area contributed by atoms with Crippen molar-refractivity contribution in [1.82, 2.24) is 15.0 Å². The molecule has 5 nitrogen and oxygen atoms in total. The molecule has 0 saturated heterocycles. The van der Waals surface area contributed by atoms with Gasteiger partial charge in [0.05, 0.1) is 0 Å². The Hall–Kier alpha value is -2.17. The largest absolute Gasteiger partial charge is 0.341 e. The fourth-order valence-corrected chi connectivity index (χ4v) is 2.59. The Morgan fingerprint density at radius 3 is 2.26 bits per heavy atom. The Kier molecular flexibility index (Phi) is 5.90. The molecule has 124 valence electrons.